The van der Waals surface area contributed by atoms with Crippen LogP contribution in [-0.4, -0.2) is 37.9 Å². The summed E-state index contributed by atoms with van der Waals surface area (Å²) >= 11 is 0. The largest absolute Gasteiger partial charge is 1.00 e. The maximum Gasteiger partial charge on any atom is 1.00 e. The average Bonchev–Trinajstić information content (AvgIpc) is 2.92. The molecule has 0 spiro atoms. The van der Waals surface area contributed by atoms with Gasteiger partial charge in [0.1, 0.15) is 31.7 Å². The van der Waals surface area contributed by atoms with Crippen molar-refractivity contribution in [3.8, 4) is 11.5 Å². The third-order valence-corrected chi connectivity index (χ3v) is 7.86. The third kappa shape index (κ3) is 21.9. The van der Waals surface area contributed by atoms with Gasteiger partial charge in [0.05, 0.1) is 9.79 Å². The molecule has 0 unspecified atom stereocenters. The molecule has 0 aliphatic carbocycles. The van der Waals surface area contributed by atoms with E-state index in [0.29, 0.717) is 12.8 Å². The molecule has 2 rings (SSSR count). The predicted octanol–water partition coefficient (Wildman–Crippen LogP) is 0.501. The Balaban J connectivity index is 0. The van der Waals surface area contributed by atoms with Crippen LogP contribution in [0.3, 0.4) is 0 Å². The van der Waals surface area contributed by atoms with E-state index in [-0.39, 0.29) is 92.3 Å². The second-order valence-electron chi connectivity index (χ2n) is 9.83. The number of rotatable bonds is 18. The molecule has 0 heterocycles. The number of hydrogen-bond donors (Lipinski definition) is 0. The van der Waals surface area contributed by atoms with Gasteiger partial charge in [0.15, 0.2) is 0 Å². The van der Waals surface area contributed by atoms with Gasteiger partial charge >= 0.3 is 71.1 Å². The standard InChI is InChI=1S/2C15H22O5S.2Na/c2*1-2-3-4-5-6-7-8-15(16)20-13-9-11-14(12-10-13)21(17,18)19;;/h2*9-12H,2-8H2,1H3,(H,17,18,19);;/q;;2*+1/p-2. The molecule has 0 aliphatic rings. The van der Waals surface area contributed by atoms with Gasteiger partial charge in [0.25, 0.3) is 0 Å². The molecule has 0 aliphatic heterocycles. The van der Waals surface area contributed by atoms with Gasteiger partial charge in [-0.3, -0.25) is 9.59 Å². The van der Waals surface area contributed by atoms with E-state index in [1.807, 2.05) is 0 Å². The van der Waals surface area contributed by atoms with Gasteiger partial charge < -0.3 is 18.6 Å². The Hall–Kier alpha value is -0.800. The second kappa shape index (κ2) is 25.3. The van der Waals surface area contributed by atoms with Crippen molar-refractivity contribution >= 4 is 32.2 Å². The first-order valence-electron chi connectivity index (χ1n) is 14.4. The Morgan fingerprint density at radius 3 is 1.07 bits per heavy atom. The Kier molecular flexibility index (Phi) is 26.1. The van der Waals surface area contributed by atoms with Crippen LogP contribution in [0, 0.1) is 0 Å². The molecule has 0 amide bonds. The van der Waals surface area contributed by atoms with Gasteiger partial charge in [-0.25, -0.2) is 16.8 Å². The molecular formula is C30H42Na2O10S2. The summed E-state index contributed by atoms with van der Waals surface area (Å²) in [6.45, 7) is 4.31. The van der Waals surface area contributed by atoms with Crippen LogP contribution in [0.15, 0.2) is 58.3 Å². The van der Waals surface area contributed by atoms with Crippen molar-refractivity contribution < 1.29 is 104 Å². The SMILES string of the molecule is CCCCCCCCC(=O)Oc1ccc(S(=O)(=O)[O-])cc1.CCCCCCCCC(=O)Oc1ccc(S(=O)(=O)[O-])cc1.[Na+].[Na+]. The van der Waals surface area contributed by atoms with Crippen LogP contribution in [-0.2, 0) is 29.8 Å². The number of carbonyl (C=O) groups excluding carboxylic acids is 2. The molecule has 10 nitrogen and oxygen atoms in total. The Bertz CT molecular complexity index is 1180. The Morgan fingerprint density at radius 1 is 0.523 bits per heavy atom. The van der Waals surface area contributed by atoms with Crippen LogP contribution >= 0.6 is 0 Å². The fourth-order valence-electron chi connectivity index (χ4n) is 3.81. The quantitative estimate of drug-likeness (QED) is 0.0716. The van der Waals surface area contributed by atoms with Crippen molar-refractivity contribution in [3.05, 3.63) is 48.5 Å². The van der Waals surface area contributed by atoms with E-state index in [9.17, 15) is 35.5 Å². The first-order valence-corrected chi connectivity index (χ1v) is 17.2. The summed E-state index contributed by atoms with van der Waals surface area (Å²) in [7, 11) is -8.93. The summed E-state index contributed by atoms with van der Waals surface area (Å²) in [6, 6.07) is 9.78. The normalized spacial score (nSPS) is 10.8. The van der Waals surface area contributed by atoms with Crippen LogP contribution in [0.5, 0.6) is 11.5 Å². The van der Waals surface area contributed by atoms with Gasteiger partial charge in [-0.2, -0.15) is 0 Å². The van der Waals surface area contributed by atoms with E-state index >= 15 is 0 Å². The zero-order chi connectivity index (χ0) is 31.4. The van der Waals surface area contributed by atoms with Gasteiger partial charge in [-0.05, 0) is 61.4 Å². The van der Waals surface area contributed by atoms with Gasteiger partial charge in [-0.1, -0.05) is 78.1 Å². The van der Waals surface area contributed by atoms with Crippen LogP contribution in [0.1, 0.15) is 104 Å². The molecule has 2 aromatic rings. The van der Waals surface area contributed by atoms with Crippen molar-refractivity contribution in [2.45, 2.75) is 114 Å². The van der Waals surface area contributed by atoms with Gasteiger partial charge in [-0.15, -0.1) is 0 Å². The molecule has 0 radical (unpaired) electrons. The minimum absolute atomic E-state index is 0. The number of unbranched alkanes of at least 4 members (excludes halogenated alkanes) is 10. The molecule has 0 bridgehead atoms. The average molecular weight is 673 g/mol. The Morgan fingerprint density at radius 2 is 0.795 bits per heavy atom. The number of esters is 2. The molecule has 236 valence electrons. The van der Waals surface area contributed by atoms with Crippen LogP contribution < -0.4 is 68.6 Å². The van der Waals surface area contributed by atoms with Crippen molar-refractivity contribution in [2.24, 2.45) is 0 Å². The van der Waals surface area contributed by atoms with E-state index in [2.05, 4.69) is 13.8 Å². The molecular weight excluding hydrogens is 630 g/mol. The predicted molar refractivity (Wildman–Crippen MR) is 156 cm³/mol. The summed E-state index contributed by atoms with van der Waals surface area (Å²) in [5.74, 6) is -0.191. The van der Waals surface area contributed by atoms with Crippen LogP contribution in [0.2, 0.25) is 0 Å². The zero-order valence-electron chi connectivity index (χ0n) is 26.4. The zero-order valence-corrected chi connectivity index (χ0v) is 32.1. The van der Waals surface area contributed by atoms with Crippen molar-refractivity contribution in [3.63, 3.8) is 0 Å². The monoisotopic (exact) mass is 672 g/mol. The van der Waals surface area contributed by atoms with E-state index < -0.39 is 20.2 Å². The number of benzene rings is 2. The first-order chi connectivity index (χ1) is 19.9. The smallest absolute Gasteiger partial charge is 0.744 e. The van der Waals surface area contributed by atoms with Crippen molar-refractivity contribution in [1.82, 2.24) is 0 Å². The summed E-state index contributed by atoms with van der Waals surface area (Å²) in [4.78, 5) is 22.5. The topological polar surface area (TPSA) is 167 Å². The third-order valence-electron chi connectivity index (χ3n) is 6.16. The summed E-state index contributed by atoms with van der Waals surface area (Å²) in [5, 5.41) is 0. The minimum atomic E-state index is -4.46. The van der Waals surface area contributed by atoms with Gasteiger partial charge in [0.2, 0.25) is 0 Å². The van der Waals surface area contributed by atoms with Gasteiger partial charge in [0, 0.05) is 12.8 Å². The molecule has 0 aromatic heterocycles. The van der Waals surface area contributed by atoms with Crippen molar-refractivity contribution in [2.75, 3.05) is 0 Å². The van der Waals surface area contributed by atoms with Crippen LogP contribution in [0.4, 0.5) is 0 Å². The number of carbonyl (C=O) groups is 2. The van der Waals surface area contributed by atoms with E-state index in [4.69, 9.17) is 9.47 Å². The van der Waals surface area contributed by atoms with Crippen LogP contribution in [0.25, 0.3) is 0 Å². The second-order valence-corrected chi connectivity index (χ2v) is 12.6. The molecule has 2 aromatic carbocycles. The summed E-state index contributed by atoms with van der Waals surface area (Å²) in [5.41, 5.74) is 0. The molecule has 0 atom stereocenters. The van der Waals surface area contributed by atoms with Crippen molar-refractivity contribution in [1.29, 1.82) is 0 Å². The van der Waals surface area contributed by atoms with E-state index in [0.717, 1.165) is 62.8 Å². The molecule has 0 saturated heterocycles. The fraction of sp³-hybridized carbons (Fsp3) is 0.533. The number of ether oxygens (including phenoxy) is 2. The number of hydrogen-bond acceptors (Lipinski definition) is 10. The van der Waals surface area contributed by atoms with E-state index in [1.165, 1.54) is 62.8 Å². The molecule has 0 N–H and O–H groups in total. The first kappa shape index (κ1) is 45.3. The van der Waals surface area contributed by atoms with E-state index in [1.54, 1.807) is 0 Å². The molecule has 14 heteroatoms. The summed E-state index contributed by atoms with van der Waals surface area (Å²) < 4.78 is 74.7. The molecule has 44 heavy (non-hydrogen) atoms. The Labute approximate surface area is 307 Å². The summed E-state index contributed by atoms with van der Waals surface area (Å²) in [6.07, 6.45) is 13.7. The molecule has 0 saturated carbocycles. The minimum Gasteiger partial charge on any atom is -0.744 e. The molecule has 0 fully saturated rings. The fourth-order valence-corrected chi connectivity index (χ4v) is 4.75. The maximum absolute atomic E-state index is 11.6. The maximum atomic E-state index is 11.6.